The molecule has 1 saturated heterocycles. The van der Waals surface area contributed by atoms with Gasteiger partial charge in [0.1, 0.15) is 4.32 Å². The van der Waals surface area contributed by atoms with Crippen LogP contribution in [-0.2, 0) is 14.9 Å². The zero-order valence-corrected chi connectivity index (χ0v) is 10.3. The Hall–Kier alpha value is -0.440. The molecule has 1 aliphatic rings. The Morgan fingerprint density at radius 1 is 1.60 bits per heavy atom. The van der Waals surface area contributed by atoms with E-state index in [0.29, 0.717) is 9.23 Å². The normalized spacial score (nSPS) is 20.4. The molecule has 0 unspecified atom stereocenters. The molecule has 5 nitrogen and oxygen atoms in total. The maximum atomic E-state index is 11.5. The molecule has 0 aliphatic carbocycles. The van der Waals surface area contributed by atoms with Crippen molar-refractivity contribution in [1.29, 1.82) is 0 Å². The summed E-state index contributed by atoms with van der Waals surface area (Å²) in [5.74, 6) is -0.813. The minimum atomic E-state index is -4.06. The van der Waals surface area contributed by atoms with Crippen molar-refractivity contribution < 1.29 is 17.8 Å². The molecule has 1 N–H and O–H groups in total. The number of amides is 1. The summed E-state index contributed by atoms with van der Waals surface area (Å²) in [6, 6.07) is 0. The van der Waals surface area contributed by atoms with E-state index >= 15 is 0 Å². The third-order valence-electron chi connectivity index (χ3n) is 1.71. The van der Waals surface area contributed by atoms with Crippen LogP contribution in [0.3, 0.4) is 0 Å². The molecule has 84 valence electrons. The predicted octanol–water partition coefficient (Wildman–Crippen LogP) is 0.638. The van der Waals surface area contributed by atoms with Crippen LogP contribution in [0.2, 0.25) is 0 Å². The largest absolute Gasteiger partial charge is 0.292 e. The van der Waals surface area contributed by atoms with Crippen molar-refractivity contribution >= 4 is 44.3 Å². The highest BCUT2D eigenvalue weighted by Gasteiger charge is 2.31. The molecule has 15 heavy (non-hydrogen) atoms. The molecular weight excluding hydrogens is 258 g/mol. The fourth-order valence-corrected chi connectivity index (χ4v) is 2.64. The number of nitrogens with zero attached hydrogens (tertiary/aromatic N) is 1. The number of thiocarbonyl (C=S) groups is 1. The molecule has 1 aliphatic heterocycles. The highest BCUT2D eigenvalue weighted by molar-refractivity contribution is 8.26. The minimum Gasteiger partial charge on any atom is -0.292 e. The zero-order chi connectivity index (χ0) is 11.6. The van der Waals surface area contributed by atoms with Gasteiger partial charge < -0.3 is 0 Å². The Kier molecular flexibility index (Phi) is 3.87. The van der Waals surface area contributed by atoms with Gasteiger partial charge in [0, 0.05) is 6.54 Å². The Balaban J connectivity index is 2.72. The number of hydrogen-bond donors (Lipinski definition) is 1. The smallest absolute Gasteiger partial charge is 0.266 e. The molecule has 0 aromatic carbocycles. The van der Waals surface area contributed by atoms with Crippen LogP contribution in [0.25, 0.3) is 0 Å². The van der Waals surface area contributed by atoms with Gasteiger partial charge in [-0.1, -0.05) is 30.1 Å². The molecule has 1 amide bonds. The van der Waals surface area contributed by atoms with Crippen molar-refractivity contribution in [1.82, 2.24) is 4.90 Å². The lowest BCUT2D eigenvalue weighted by atomic mass is 10.4. The van der Waals surface area contributed by atoms with E-state index in [2.05, 4.69) is 0 Å². The van der Waals surface area contributed by atoms with E-state index in [1.807, 2.05) is 0 Å². The van der Waals surface area contributed by atoms with Crippen molar-refractivity contribution in [3.63, 3.8) is 0 Å². The molecule has 0 atom stereocenters. The Morgan fingerprint density at radius 2 is 2.20 bits per heavy atom. The molecule has 1 heterocycles. The standard InChI is InChI=1S/C7H9NO4S3/c1-2-5-6(9)8(7(13)14-5)3-4-15(10,11)12/h2H,3-4H2,1H3,(H,10,11,12)/b5-2-. The summed E-state index contributed by atoms with van der Waals surface area (Å²) in [6.07, 6.45) is 1.62. The minimum absolute atomic E-state index is 0.110. The first kappa shape index (κ1) is 12.6. The number of allylic oxidation sites excluding steroid dienone is 1. The molecular formula is C7H9NO4S3. The van der Waals surface area contributed by atoms with E-state index < -0.39 is 15.9 Å². The monoisotopic (exact) mass is 267 g/mol. The summed E-state index contributed by atoms with van der Waals surface area (Å²) in [6.45, 7) is 1.59. The predicted molar refractivity (Wildman–Crippen MR) is 62.1 cm³/mol. The molecule has 8 heteroatoms. The van der Waals surface area contributed by atoms with Crippen LogP contribution in [0, 0.1) is 0 Å². The van der Waals surface area contributed by atoms with Gasteiger partial charge in [-0.15, -0.1) is 0 Å². The summed E-state index contributed by atoms with van der Waals surface area (Å²) >= 11 is 6.02. The summed E-state index contributed by atoms with van der Waals surface area (Å²) in [5, 5.41) is 0. The summed E-state index contributed by atoms with van der Waals surface area (Å²) in [4.78, 5) is 13.2. The van der Waals surface area contributed by atoms with Gasteiger partial charge in [0.05, 0.1) is 10.7 Å². The lowest BCUT2D eigenvalue weighted by Crippen LogP contribution is -2.32. The van der Waals surface area contributed by atoms with Crippen LogP contribution in [0.15, 0.2) is 11.0 Å². The number of hydrogen-bond acceptors (Lipinski definition) is 5. The Bertz CT molecular complexity index is 426. The number of rotatable bonds is 3. The van der Waals surface area contributed by atoms with Crippen LogP contribution in [0.1, 0.15) is 6.92 Å². The summed E-state index contributed by atoms with van der Waals surface area (Å²) in [7, 11) is -4.06. The van der Waals surface area contributed by atoms with E-state index in [1.165, 1.54) is 4.90 Å². The van der Waals surface area contributed by atoms with E-state index in [9.17, 15) is 13.2 Å². The van der Waals surface area contributed by atoms with Gasteiger partial charge in [-0.3, -0.25) is 14.2 Å². The Morgan fingerprint density at radius 3 is 2.60 bits per heavy atom. The van der Waals surface area contributed by atoms with Crippen molar-refractivity contribution in [3.05, 3.63) is 11.0 Å². The van der Waals surface area contributed by atoms with Crippen molar-refractivity contribution in [2.75, 3.05) is 12.3 Å². The molecule has 1 rings (SSSR count). The van der Waals surface area contributed by atoms with Gasteiger partial charge in [0.15, 0.2) is 0 Å². The van der Waals surface area contributed by atoms with Gasteiger partial charge in [-0.2, -0.15) is 8.42 Å². The highest BCUT2D eigenvalue weighted by atomic mass is 32.2. The van der Waals surface area contributed by atoms with Gasteiger partial charge in [0.25, 0.3) is 16.0 Å². The van der Waals surface area contributed by atoms with E-state index in [1.54, 1.807) is 13.0 Å². The second-order valence-corrected chi connectivity index (χ2v) is 6.01. The molecule has 0 radical (unpaired) electrons. The molecule has 0 bridgehead atoms. The number of carbonyl (C=O) groups excluding carboxylic acids is 1. The van der Waals surface area contributed by atoms with Crippen LogP contribution in [-0.4, -0.2) is 40.4 Å². The quantitative estimate of drug-likeness (QED) is 0.459. The molecule has 0 saturated carbocycles. The van der Waals surface area contributed by atoms with Crippen molar-refractivity contribution in [2.45, 2.75) is 6.92 Å². The number of thioether (sulfide) groups is 1. The Labute approximate surface area is 97.3 Å². The first-order valence-electron chi connectivity index (χ1n) is 4.00. The number of carbonyl (C=O) groups is 1. The van der Waals surface area contributed by atoms with Gasteiger partial charge in [-0.05, 0) is 6.92 Å². The molecule has 0 aromatic rings. The summed E-state index contributed by atoms with van der Waals surface area (Å²) in [5.41, 5.74) is 0. The third kappa shape index (κ3) is 3.26. The molecule has 0 spiro atoms. The fraction of sp³-hybridized carbons (Fsp3) is 0.429. The summed E-state index contributed by atoms with van der Waals surface area (Å²) < 4.78 is 29.9. The second kappa shape index (κ2) is 4.60. The highest BCUT2D eigenvalue weighted by Crippen LogP contribution is 2.30. The molecule has 0 aromatic heterocycles. The van der Waals surface area contributed by atoms with Gasteiger partial charge >= 0.3 is 0 Å². The lowest BCUT2D eigenvalue weighted by molar-refractivity contribution is -0.122. The average molecular weight is 267 g/mol. The van der Waals surface area contributed by atoms with Crippen LogP contribution in [0.5, 0.6) is 0 Å². The molecule has 1 fully saturated rings. The second-order valence-electron chi connectivity index (χ2n) is 2.76. The zero-order valence-electron chi connectivity index (χ0n) is 7.84. The SMILES string of the molecule is C/C=C1\SC(=S)N(CCS(=O)(=O)O)C1=O. The van der Waals surface area contributed by atoms with E-state index in [-0.39, 0.29) is 12.5 Å². The van der Waals surface area contributed by atoms with Gasteiger partial charge in [-0.25, -0.2) is 0 Å². The van der Waals surface area contributed by atoms with Crippen molar-refractivity contribution in [3.8, 4) is 0 Å². The van der Waals surface area contributed by atoms with Crippen LogP contribution >= 0.6 is 24.0 Å². The van der Waals surface area contributed by atoms with Crippen molar-refractivity contribution in [2.24, 2.45) is 0 Å². The van der Waals surface area contributed by atoms with E-state index in [4.69, 9.17) is 16.8 Å². The average Bonchev–Trinajstić information content (AvgIpc) is 2.37. The first-order valence-corrected chi connectivity index (χ1v) is 6.83. The lowest BCUT2D eigenvalue weighted by Gasteiger charge is -2.12. The topological polar surface area (TPSA) is 74.7 Å². The van der Waals surface area contributed by atoms with Crippen LogP contribution in [0.4, 0.5) is 0 Å². The fourth-order valence-electron chi connectivity index (χ4n) is 0.991. The van der Waals surface area contributed by atoms with E-state index in [0.717, 1.165) is 11.8 Å². The maximum Gasteiger partial charge on any atom is 0.266 e. The van der Waals surface area contributed by atoms with Gasteiger partial charge in [0.2, 0.25) is 0 Å². The third-order valence-corrected chi connectivity index (χ3v) is 3.90. The maximum absolute atomic E-state index is 11.5. The first-order chi connectivity index (χ1) is 6.85. The van der Waals surface area contributed by atoms with Crippen LogP contribution < -0.4 is 0 Å².